The molecular weight excluding hydrogens is 411 g/mol. The van der Waals surface area contributed by atoms with Crippen molar-refractivity contribution in [2.24, 2.45) is 11.8 Å². The van der Waals surface area contributed by atoms with E-state index in [2.05, 4.69) is 30.0 Å². The lowest BCUT2D eigenvalue weighted by molar-refractivity contribution is -0.134. The van der Waals surface area contributed by atoms with Gasteiger partial charge in [-0.05, 0) is 56.7 Å². The van der Waals surface area contributed by atoms with Gasteiger partial charge in [-0.3, -0.25) is 9.69 Å². The van der Waals surface area contributed by atoms with Crippen LogP contribution in [0, 0.1) is 11.8 Å². The quantitative estimate of drug-likeness (QED) is 0.761. The Labute approximate surface area is 186 Å². The van der Waals surface area contributed by atoms with E-state index in [-0.39, 0.29) is 24.8 Å². The van der Waals surface area contributed by atoms with Gasteiger partial charge in [-0.1, -0.05) is 0 Å². The van der Waals surface area contributed by atoms with Crippen LogP contribution in [-0.4, -0.2) is 84.6 Å². The molecule has 4 rings (SSSR count). The van der Waals surface area contributed by atoms with Crippen LogP contribution in [0.1, 0.15) is 25.7 Å². The monoisotopic (exact) mass is 444 g/mol. The fourth-order valence-electron chi connectivity index (χ4n) is 4.79. The lowest BCUT2D eigenvalue weighted by atomic mass is 9.79. The Morgan fingerprint density at radius 2 is 1.48 bits per heavy atom. The number of carbonyl (C=O) groups is 1. The molecule has 3 saturated heterocycles. The zero-order valence-corrected chi connectivity index (χ0v) is 18.7. The molecule has 1 aromatic rings. The first-order valence-electron chi connectivity index (χ1n) is 10.5. The molecular formula is C20H34Cl2N6O. The summed E-state index contributed by atoms with van der Waals surface area (Å²) >= 11 is 0. The second-order valence-electron chi connectivity index (χ2n) is 8.12. The van der Waals surface area contributed by atoms with E-state index in [4.69, 9.17) is 0 Å². The van der Waals surface area contributed by atoms with Crippen LogP contribution in [0.5, 0.6) is 0 Å². The molecule has 0 unspecified atom stereocenters. The number of piperazine rings is 1. The molecule has 1 N–H and O–H groups in total. The number of aromatic nitrogens is 2. The summed E-state index contributed by atoms with van der Waals surface area (Å²) in [5, 5.41) is 3.46. The van der Waals surface area contributed by atoms with Crippen LogP contribution in [0.3, 0.4) is 0 Å². The van der Waals surface area contributed by atoms with Crippen molar-refractivity contribution < 1.29 is 4.79 Å². The van der Waals surface area contributed by atoms with E-state index in [1.54, 1.807) is 12.4 Å². The van der Waals surface area contributed by atoms with E-state index in [0.717, 1.165) is 57.1 Å². The van der Waals surface area contributed by atoms with Gasteiger partial charge in [-0.2, -0.15) is 0 Å². The molecule has 4 heterocycles. The minimum atomic E-state index is 0. The fraction of sp³-hybridized carbons (Fsp3) is 0.750. The molecule has 0 aliphatic carbocycles. The smallest absolute Gasteiger partial charge is 0.236 e. The van der Waals surface area contributed by atoms with Gasteiger partial charge in [0.25, 0.3) is 0 Å². The predicted octanol–water partition coefficient (Wildman–Crippen LogP) is 1.68. The van der Waals surface area contributed by atoms with Crippen molar-refractivity contribution in [2.45, 2.75) is 25.7 Å². The standard InChI is InChI=1S/C20H32N6O.2ClH/c27-19(25-10-4-18(5-11-25)17-2-8-21-9-3-17)16-24-12-14-26(15-13-24)20-22-6-1-7-23-20;;/h1,6-7,17-18,21H,2-5,8-16H2;2*1H. The number of piperidine rings is 2. The van der Waals surface area contributed by atoms with Gasteiger partial charge >= 0.3 is 0 Å². The van der Waals surface area contributed by atoms with Gasteiger partial charge in [0.05, 0.1) is 6.54 Å². The molecule has 1 amide bonds. The average molecular weight is 445 g/mol. The number of halogens is 2. The van der Waals surface area contributed by atoms with Crippen LogP contribution < -0.4 is 10.2 Å². The molecule has 0 radical (unpaired) electrons. The van der Waals surface area contributed by atoms with Crippen molar-refractivity contribution >= 4 is 36.7 Å². The van der Waals surface area contributed by atoms with Crippen molar-refractivity contribution in [3.05, 3.63) is 18.5 Å². The largest absolute Gasteiger partial charge is 0.342 e. The van der Waals surface area contributed by atoms with E-state index in [9.17, 15) is 4.79 Å². The summed E-state index contributed by atoms with van der Waals surface area (Å²) in [6.07, 6.45) is 8.57. The Morgan fingerprint density at radius 1 is 0.897 bits per heavy atom. The molecule has 7 nitrogen and oxygen atoms in total. The first-order chi connectivity index (χ1) is 13.3. The lowest BCUT2D eigenvalue weighted by Crippen LogP contribution is -2.51. The van der Waals surface area contributed by atoms with Gasteiger partial charge in [-0.15, -0.1) is 24.8 Å². The highest BCUT2D eigenvalue weighted by Gasteiger charge is 2.30. The van der Waals surface area contributed by atoms with Crippen molar-refractivity contribution in [1.29, 1.82) is 0 Å². The second kappa shape index (κ2) is 11.9. The molecule has 0 atom stereocenters. The third-order valence-corrected chi connectivity index (χ3v) is 6.51. The van der Waals surface area contributed by atoms with E-state index >= 15 is 0 Å². The van der Waals surface area contributed by atoms with E-state index in [1.165, 1.54) is 38.8 Å². The van der Waals surface area contributed by atoms with Crippen LogP contribution in [0.2, 0.25) is 0 Å². The second-order valence-corrected chi connectivity index (χ2v) is 8.12. The Balaban J connectivity index is 0.00000150. The van der Waals surface area contributed by atoms with Crippen molar-refractivity contribution in [3.8, 4) is 0 Å². The number of anilines is 1. The summed E-state index contributed by atoms with van der Waals surface area (Å²) in [4.78, 5) is 28.0. The number of rotatable bonds is 4. The highest BCUT2D eigenvalue weighted by Crippen LogP contribution is 2.30. The number of hydrogen-bond acceptors (Lipinski definition) is 6. The van der Waals surface area contributed by atoms with Gasteiger partial charge in [0.1, 0.15) is 0 Å². The molecule has 9 heteroatoms. The molecule has 0 spiro atoms. The van der Waals surface area contributed by atoms with Crippen LogP contribution in [0.4, 0.5) is 5.95 Å². The molecule has 0 aromatic carbocycles. The highest BCUT2D eigenvalue weighted by atomic mass is 35.5. The molecule has 3 fully saturated rings. The minimum absolute atomic E-state index is 0. The highest BCUT2D eigenvalue weighted by molar-refractivity contribution is 5.85. The van der Waals surface area contributed by atoms with Crippen molar-refractivity contribution in [2.75, 3.05) is 63.8 Å². The Morgan fingerprint density at radius 3 is 2.10 bits per heavy atom. The SMILES string of the molecule is Cl.Cl.O=C(CN1CCN(c2ncccn2)CC1)N1CCC(C2CCNCC2)CC1. The number of hydrogen-bond donors (Lipinski definition) is 1. The molecule has 1 aromatic heterocycles. The summed E-state index contributed by atoms with van der Waals surface area (Å²) in [7, 11) is 0. The van der Waals surface area contributed by atoms with Gasteiger partial charge in [0.2, 0.25) is 11.9 Å². The van der Waals surface area contributed by atoms with Crippen LogP contribution in [-0.2, 0) is 4.79 Å². The molecule has 3 aliphatic rings. The van der Waals surface area contributed by atoms with E-state index in [0.29, 0.717) is 12.5 Å². The number of nitrogens with one attached hydrogen (secondary N) is 1. The summed E-state index contributed by atoms with van der Waals surface area (Å²) in [6, 6.07) is 1.84. The third-order valence-electron chi connectivity index (χ3n) is 6.51. The fourth-order valence-corrected chi connectivity index (χ4v) is 4.79. The first kappa shape index (κ1) is 24.1. The third kappa shape index (κ3) is 6.41. The van der Waals surface area contributed by atoms with Gasteiger partial charge in [0, 0.05) is 51.7 Å². The Hall–Kier alpha value is -1.15. The number of likely N-dealkylation sites (tertiary alicyclic amines) is 1. The summed E-state index contributed by atoms with van der Waals surface area (Å²) in [5.74, 6) is 2.80. The summed E-state index contributed by atoms with van der Waals surface area (Å²) in [6.45, 7) is 8.36. The van der Waals surface area contributed by atoms with Crippen LogP contribution in [0.15, 0.2) is 18.5 Å². The van der Waals surface area contributed by atoms with Crippen molar-refractivity contribution in [1.82, 2.24) is 25.1 Å². The Kier molecular flexibility index (Phi) is 9.89. The maximum atomic E-state index is 12.7. The summed E-state index contributed by atoms with van der Waals surface area (Å²) < 4.78 is 0. The molecule has 0 bridgehead atoms. The molecule has 0 saturated carbocycles. The number of amides is 1. The predicted molar refractivity (Wildman–Crippen MR) is 120 cm³/mol. The topological polar surface area (TPSA) is 64.6 Å². The van der Waals surface area contributed by atoms with Gasteiger partial charge < -0.3 is 15.1 Å². The molecule has 3 aliphatic heterocycles. The zero-order chi connectivity index (χ0) is 18.5. The van der Waals surface area contributed by atoms with Crippen molar-refractivity contribution in [3.63, 3.8) is 0 Å². The minimum Gasteiger partial charge on any atom is -0.342 e. The van der Waals surface area contributed by atoms with E-state index in [1.807, 2.05) is 6.07 Å². The van der Waals surface area contributed by atoms with Gasteiger partial charge in [0.15, 0.2) is 0 Å². The first-order valence-corrected chi connectivity index (χ1v) is 10.5. The Bertz CT molecular complexity index is 600. The van der Waals surface area contributed by atoms with Gasteiger partial charge in [-0.25, -0.2) is 9.97 Å². The molecule has 29 heavy (non-hydrogen) atoms. The maximum Gasteiger partial charge on any atom is 0.236 e. The number of nitrogens with zero attached hydrogens (tertiary/aromatic N) is 5. The zero-order valence-electron chi connectivity index (χ0n) is 17.0. The average Bonchev–Trinajstić information content (AvgIpc) is 2.76. The maximum absolute atomic E-state index is 12.7. The molecule has 164 valence electrons. The van der Waals surface area contributed by atoms with Crippen LogP contribution >= 0.6 is 24.8 Å². The van der Waals surface area contributed by atoms with Crippen LogP contribution in [0.25, 0.3) is 0 Å². The van der Waals surface area contributed by atoms with E-state index < -0.39 is 0 Å². The number of carbonyl (C=O) groups excluding carboxylic acids is 1. The normalized spacial score (nSPS) is 21.9. The lowest BCUT2D eigenvalue weighted by Gasteiger charge is -2.39. The summed E-state index contributed by atoms with van der Waals surface area (Å²) in [5.41, 5.74) is 0.